The van der Waals surface area contributed by atoms with Crippen molar-refractivity contribution in [2.75, 3.05) is 18.0 Å². The number of carbonyl (C=O) groups is 1. The van der Waals surface area contributed by atoms with Crippen LogP contribution >= 0.6 is 0 Å². The smallest absolute Gasteiger partial charge is 0.262 e. The first-order valence-electron chi connectivity index (χ1n) is 10.4. The molecule has 1 atom stereocenters. The second-order valence-corrected chi connectivity index (χ2v) is 8.17. The molecule has 1 saturated heterocycles. The van der Waals surface area contributed by atoms with Gasteiger partial charge in [0.1, 0.15) is 0 Å². The number of nitrogens with zero attached hydrogens (tertiary/aromatic N) is 3. The number of aromatic amines is 1. The summed E-state index contributed by atoms with van der Waals surface area (Å²) in [6, 6.07) is 8.16. The maximum Gasteiger partial charge on any atom is 0.262 e. The van der Waals surface area contributed by atoms with Gasteiger partial charge < -0.3 is 4.90 Å². The van der Waals surface area contributed by atoms with Crippen LogP contribution in [0.4, 0.5) is 5.95 Å². The van der Waals surface area contributed by atoms with Crippen LogP contribution in [0.15, 0.2) is 35.3 Å². The molecular weight excluding hydrogens is 364 g/mol. The Bertz CT molecular complexity index is 1160. The third kappa shape index (κ3) is 3.12. The molecule has 1 aromatic carbocycles. The van der Waals surface area contributed by atoms with Crippen LogP contribution in [0.5, 0.6) is 0 Å². The van der Waals surface area contributed by atoms with Gasteiger partial charge in [-0.1, -0.05) is 24.3 Å². The summed E-state index contributed by atoms with van der Waals surface area (Å²) in [6.07, 6.45) is 6.13. The molecule has 0 unspecified atom stereocenters. The largest absolute Gasteiger partial charge is 0.342 e. The maximum atomic E-state index is 13.1. The van der Waals surface area contributed by atoms with Crippen molar-refractivity contribution in [3.8, 4) is 0 Å². The van der Waals surface area contributed by atoms with Crippen molar-refractivity contribution >= 4 is 22.8 Å². The number of Topliss-reactive ketones (excluding diaryl/α,β-unsaturated/α-hetero) is 1. The van der Waals surface area contributed by atoms with Crippen molar-refractivity contribution in [1.29, 1.82) is 0 Å². The third-order valence-electron chi connectivity index (χ3n) is 6.30. The lowest BCUT2D eigenvalue weighted by molar-refractivity contribution is 0.0964. The van der Waals surface area contributed by atoms with E-state index in [9.17, 15) is 9.59 Å². The Morgan fingerprint density at radius 3 is 2.66 bits per heavy atom. The standard InChI is InChI=1S/C23H24N4O2/c1-14-7-3-4-8-16(14)15-11-17-18(19(28)12-15)13-24-21-20(17)22(29)26-23(25-21)27-9-5-2-6-10-27/h3-4,7-8,13,15H,2,5-6,9-12H2,1H3,(H,24,25,26,29)/t15-/m0/s1. The highest BCUT2D eigenvalue weighted by Gasteiger charge is 2.30. The Labute approximate surface area is 169 Å². The average Bonchev–Trinajstić information content (AvgIpc) is 2.74. The van der Waals surface area contributed by atoms with Gasteiger partial charge in [-0.2, -0.15) is 4.98 Å². The zero-order valence-electron chi connectivity index (χ0n) is 16.6. The fourth-order valence-corrected chi connectivity index (χ4v) is 4.78. The molecule has 0 radical (unpaired) electrons. The van der Waals surface area contributed by atoms with E-state index in [1.165, 1.54) is 17.5 Å². The van der Waals surface area contributed by atoms with Gasteiger partial charge in [-0.15, -0.1) is 0 Å². The van der Waals surface area contributed by atoms with E-state index in [4.69, 9.17) is 0 Å². The zero-order valence-corrected chi connectivity index (χ0v) is 16.6. The molecule has 2 aliphatic rings. The summed E-state index contributed by atoms with van der Waals surface area (Å²) >= 11 is 0. The second-order valence-electron chi connectivity index (χ2n) is 8.17. The topological polar surface area (TPSA) is 79.0 Å². The number of nitrogens with one attached hydrogen (secondary N) is 1. The van der Waals surface area contributed by atoms with E-state index >= 15 is 0 Å². The number of hydrogen-bond acceptors (Lipinski definition) is 5. The van der Waals surface area contributed by atoms with Crippen molar-refractivity contribution in [3.05, 3.63) is 63.1 Å². The number of benzene rings is 1. The number of aryl methyl sites for hydroxylation is 1. The third-order valence-corrected chi connectivity index (χ3v) is 6.30. The fraction of sp³-hybridized carbons (Fsp3) is 0.391. The number of fused-ring (bicyclic) bond motifs is 3. The van der Waals surface area contributed by atoms with Gasteiger partial charge in [-0.05, 0) is 55.2 Å². The predicted octanol–water partition coefficient (Wildman–Crippen LogP) is 3.53. The van der Waals surface area contributed by atoms with Gasteiger partial charge in [0.25, 0.3) is 5.56 Å². The van der Waals surface area contributed by atoms with E-state index in [-0.39, 0.29) is 17.3 Å². The van der Waals surface area contributed by atoms with Crippen LogP contribution in [0.25, 0.3) is 11.0 Å². The molecule has 1 N–H and O–H groups in total. The molecule has 6 nitrogen and oxygen atoms in total. The summed E-state index contributed by atoms with van der Waals surface area (Å²) in [5.41, 5.74) is 3.94. The fourth-order valence-electron chi connectivity index (χ4n) is 4.78. The number of hydrogen-bond donors (Lipinski definition) is 1. The molecule has 0 spiro atoms. The van der Waals surface area contributed by atoms with Crippen molar-refractivity contribution in [2.45, 2.75) is 44.9 Å². The number of ketones is 1. The van der Waals surface area contributed by atoms with Crippen molar-refractivity contribution < 1.29 is 4.79 Å². The highest BCUT2D eigenvalue weighted by atomic mass is 16.1. The first kappa shape index (κ1) is 18.0. The molecule has 29 heavy (non-hydrogen) atoms. The van der Waals surface area contributed by atoms with Crippen LogP contribution in [0, 0.1) is 6.92 Å². The zero-order chi connectivity index (χ0) is 20.0. The van der Waals surface area contributed by atoms with E-state index in [2.05, 4.69) is 38.9 Å². The van der Waals surface area contributed by atoms with Crippen molar-refractivity contribution in [2.24, 2.45) is 0 Å². The Balaban J connectivity index is 1.61. The molecule has 0 amide bonds. The molecule has 1 aliphatic carbocycles. The molecular formula is C23H24N4O2. The van der Waals surface area contributed by atoms with Gasteiger partial charge in [0, 0.05) is 31.3 Å². The van der Waals surface area contributed by atoms with Crippen molar-refractivity contribution in [3.63, 3.8) is 0 Å². The summed E-state index contributed by atoms with van der Waals surface area (Å²) < 4.78 is 0. The molecule has 6 heteroatoms. The molecule has 3 heterocycles. The number of rotatable bonds is 2. The molecule has 3 aromatic rings. The van der Waals surface area contributed by atoms with Gasteiger partial charge in [-0.25, -0.2) is 4.98 Å². The first-order chi connectivity index (χ1) is 14.1. The lowest BCUT2D eigenvalue weighted by Gasteiger charge is -2.28. The first-order valence-corrected chi connectivity index (χ1v) is 10.4. The molecule has 1 aliphatic heterocycles. The van der Waals surface area contributed by atoms with Crippen LogP contribution in [-0.2, 0) is 6.42 Å². The SMILES string of the molecule is Cc1ccccc1[C@@H]1CC(=O)c2cnc3nc(N4CCCCC4)[nH]c(=O)c3c2C1. The lowest BCUT2D eigenvalue weighted by atomic mass is 9.78. The molecule has 2 aromatic heterocycles. The Morgan fingerprint density at radius 1 is 1.07 bits per heavy atom. The minimum atomic E-state index is -0.196. The Hall–Kier alpha value is -3.02. The van der Waals surface area contributed by atoms with E-state index < -0.39 is 0 Å². The quantitative estimate of drug-likeness (QED) is 0.727. The normalized spacial score (nSPS) is 19.4. The van der Waals surface area contributed by atoms with E-state index in [0.717, 1.165) is 31.5 Å². The van der Waals surface area contributed by atoms with Gasteiger partial charge in [0.05, 0.1) is 5.39 Å². The molecule has 5 rings (SSSR count). The number of aromatic nitrogens is 3. The summed E-state index contributed by atoms with van der Waals surface area (Å²) in [4.78, 5) is 40.1. The highest BCUT2D eigenvalue weighted by molar-refractivity contribution is 6.02. The molecule has 0 saturated carbocycles. The van der Waals surface area contributed by atoms with Crippen LogP contribution in [-0.4, -0.2) is 33.8 Å². The van der Waals surface area contributed by atoms with Gasteiger partial charge in [-0.3, -0.25) is 14.6 Å². The van der Waals surface area contributed by atoms with Crippen LogP contribution in [0.3, 0.4) is 0 Å². The Kier molecular flexibility index (Phi) is 4.42. The average molecular weight is 388 g/mol. The van der Waals surface area contributed by atoms with E-state index in [1.54, 1.807) is 6.20 Å². The number of piperidine rings is 1. The number of carbonyl (C=O) groups excluding carboxylic acids is 1. The predicted molar refractivity (Wildman–Crippen MR) is 113 cm³/mol. The molecule has 148 valence electrons. The van der Waals surface area contributed by atoms with Crippen LogP contribution in [0.1, 0.15) is 58.6 Å². The monoisotopic (exact) mass is 388 g/mol. The van der Waals surface area contributed by atoms with Gasteiger partial charge in [0.2, 0.25) is 5.95 Å². The molecule has 1 fully saturated rings. The van der Waals surface area contributed by atoms with E-state index in [1.807, 2.05) is 12.1 Å². The number of anilines is 1. The maximum absolute atomic E-state index is 13.1. The van der Waals surface area contributed by atoms with Crippen LogP contribution < -0.4 is 10.5 Å². The van der Waals surface area contributed by atoms with E-state index in [0.29, 0.717) is 35.4 Å². The Morgan fingerprint density at radius 2 is 1.86 bits per heavy atom. The minimum Gasteiger partial charge on any atom is -0.342 e. The van der Waals surface area contributed by atoms with Crippen molar-refractivity contribution in [1.82, 2.24) is 15.0 Å². The second kappa shape index (κ2) is 7.10. The molecule has 0 bridgehead atoms. The van der Waals surface area contributed by atoms with Crippen LogP contribution in [0.2, 0.25) is 0 Å². The van der Waals surface area contributed by atoms with Gasteiger partial charge >= 0.3 is 0 Å². The summed E-state index contributed by atoms with van der Waals surface area (Å²) in [5, 5.41) is 0.467. The summed E-state index contributed by atoms with van der Waals surface area (Å²) in [5.74, 6) is 0.712. The highest BCUT2D eigenvalue weighted by Crippen LogP contribution is 2.36. The number of pyridine rings is 1. The number of H-pyrrole nitrogens is 1. The summed E-state index contributed by atoms with van der Waals surface area (Å²) in [7, 11) is 0. The summed E-state index contributed by atoms with van der Waals surface area (Å²) in [6.45, 7) is 3.86. The lowest BCUT2D eigenvalue weighted by Crippen LogP contribution is -2.33. The minimum absolute atomic E-state index is 0.0495. The van der Waals surface area contributed by atoms with Gasteiger partial charge in [0.15, 0.2) is 11.4 Å².